The Hall–Kier alpha value is -2.49. The summed E-state index contributed by atoms with van der Waals surface area (Å²) in [6, 6.07) is 6.03. The number of aromatic nitrogens is 1. The van der Waals surface area contributed by atoms with Crippen LogP contribution in [0, 0.1) is 5.82 Å². The summed E-state index contributed by atoms with van der Waals surface area (Å²) in [5.74, 6) is -2.63. The van der Waals surface area contributed by atoms with E-state index in [0.29, 0.717) is 18.3 Å². The summed E-state index contributed by atoms with van der Waals surface area (Å²) in [5, 5.41) is 1.52. The van der Waals surface area contributed by atoms with Gasteiger partial charge in [-0.1, -0.05) is 6.07 Å². The quantitative estimate of drug-likeness (QED) is 0.849. The number of nitrogens with zero attached hydrogens (tertiary/aromatic N) is 1. The van der Waals surface area contributed by atoms with Gasteiger partial charge < -0.3 is 5.32 Å². The van der Waals surface area contributed by atoms with Gasteiger partial charge in [-0.25, -0.2) is 17.8 Å². The van der Waals surface area contributed by atoms with Gasteiger partial charge in [0.1, 0.15) is 11.6 Å². The molecule has 0 bridgehead atoms. The lowest BCUT2D eigenvalue weighted by Crippen LogP contribution is -2.23. The highest BCUT2D eigenvalue weighted by Gasteiger charge is 2.31. The Bertz CT molecular complexity index is 849. The van der Waals surface area contributed by atoms with E-state index in [1.807, 2.05) is 0 Å². The molecular formula is C14H10F4N2O3S. The van der Waals surface area contributed by atoms with Crippen molar-refractivity contribution in [3.8, 4) is 0 Å². The maximum atomic E-state index is 13.0. The number of benzene rings is 1. The number of halogens is 4. The van der Waals surface area contributed by atoms with Gasteiger partial charge in [-0.2, -0.15) is 13.2 Å². The average molecular weight is 362 g/mol. The van der Waals surface area contributed by atoms with Crippen molar-refractivity contribution in [3.63, 3.8) is 0 Å². The number of carbonyl (C=O) groups excluding carboxylic acids is 1. The molecule has 1 amide bonds. The zero-order chi connectivity index (χ0) is 18.0. The number of pyridine rings is 1. The Morgan fingerprint density at radius 2 is 1.88 bits per heavy atom. The summed E-state index contributed by atoms with van der Waals surface area (Å²) in [7, 11) is -4.24. The van der Waals surface area contributed by atoms with E-state index in [2.05, 4.69) is 10.3 Å². The molecule has 0 saturated heterocycles. The van der Waals surface area contributed by atoms with E-state index >= 15 is 0 Å². The standard InChI is InChI=1S/C14H10F4N2O3S/c15-10-2-1-3-11(6-10)20-12(21)8-24(22,23)13-5-4-9(7-19-13)14(16,17)18/h1-7H,8H2,(H,20,21). The van der Waals surface area contributed by atoms with Crippen LogP contribution in [-0.4, -0.2) is 25.1 Å². The third-order valence-corrected chi connectivity index (χ3v) is 4.33. The van der Waals surface area contributed by atoms with Crippen LogP contribution < -0.4 is 5.32 Å². The van der Waals surface area contributed by atoms with Crippen LogP contribution in [-0.2, 0) is 20.8 Å². The number of nitrogens with one attached hydrogen (secondary N) is 1. The predicted octanol–water partition coefficient (Wildman–Crippen LogP) is 2.65. The van der Waals surface area contributed by atoms with Gasteiger partial charge in [-0.15, -0.1) is 0 Å². The van der Waals surface area contributed by atoms with Crippen LogP contribution in [0.2, 0.25) is 0 Å². The van der Waals surface area contributed by atoms with E-state index in [9.17, 15) is 30.8 Å². The van der Waals surface area contributed by atoms with Gasteiger partial charge in [-0.05, 0) is 30.3 Å². The van der Waals surface area contributed by atoms with Crippen molar-refractivity contribution >= 4 is 21.4 Å². The average Bonchev–Trinajstić information content (AvgIpc) is 2.45. The molecule has 0 aliphatic carbocycles. The number of anilines is 1. The Morgan fingerprint density at radius 3 is 2.42 bits per heavy atom. The van der Waals surface area contributed by atoms with E-state index in [1.165, 1.54) is 12.1 Å². The summed E-state index contributed by atoms with van der Waals surface area (Å²) in [6.07, 6.45) is -4.28. The van der Waals surface area contributed by atoms with Crippen molar-refractivity contribution in [1.82, 2.24) is 4.98 Å². The van der Waals surface area contributed by atoms with Crippen LogP contribution in [0.4, 0.5) is 23.2 Å². The molecule has 1 aromatic heterocycles. The van der Waals surface area contributed by atoms with Crippen LogP contribution in [0.25, 0.3) is 0 Å². The fourth-order valence-electron chi connectivity index (χ4n) is 1.74. The number of carbonyl (C=O) groups is 1. The van der Waals surface area contributed by atoms with Crippen LogP contribution in [0.15, 0.2) is 47.6 Å². The van der Waals surface area contributed by atoms with Gasteiger partial charge in [0.15, 0.2) is 5.03 Å². The van der Waals surface area contributed by atoms with Crippen LogP contribution in [0.1, 0.15) is 5.56 Å². The largest absolute Gasteiger partial charge is 0.417 e. The zero-order valence-electron chi connectivity index (χ0n) is 11.8. The van der Waals surface area contributed by atoms with Crippen molar-refractivity contribution < 1.29 is 30.8 Å². The van der Waals surface area contributed by atoms with Gasteiger partial charge in [0, 0.05) is 11.9 Å². The summed E-state index contributed by atoms with van der Waals surface area (Å²) in [6.45, 7) is 0. The van der Waals surface area contributed by atoms with Crippen molar-refractivity contribution in [1.29, 1.82) is 0 Å². The molecule has 128 valence electrons. The molecule has 24 heavy (non-hydrogen) atoms. The topological polar surface area (TPSA) is 76.1 Å². The first-order valence-corrected chi connectivity index (χ1v) is 8.04. The fraction of sp³-hybridized carbons (Fsp3) is 0.143. The maximum Gasteiger partial charge on any atom is 0.417 e. The van der Waals surface area contributed by atoms with Crippen LogP contribution >= 0.6 is 0 Å². The highest BCUT2D eigenvalue weighted by Crippen LogP contribution is 2.28. The minimum atomic E-state index is -4.65. The Labute approximate surface area is 134 Å². The molecule has 0 fully saturated rings. The monoisotopic (exact) mass is 362 g/mol. The second kappa shape index (κ2) is 6.56. The lowest BCUT2D eigenvalue weighted by atomic mass is 10.3. The number of rotatable bonds is 4. The summed E-state index contributed by atoms with van der Waals surface area (Å²) >= 11 is 0. The van der Waals surface area contributed by atoms with Crippen molar-refractivity contribution in [2.75, 3.05) is 11.1 Å². The van der Waals surface area contributed by atoms with Gasteiger partial charge in [0.2, 0.25) is 15.7 Å². The summed E-state index contributed by atoms with van der Waals surface area (Å²) in [5.41, 5.74) is -1.05. The fourth-order valence-corrected chi connectivity index (χ4v) is 2.80. The molecule has 0 spiro atoms. The molecule has 0 unspecified atom stereocenters. The minimum absolute atomic E-state index is 0.0515. The van der Waals surface area contributed by atoms with Gasteiger partial charge in [-0.3, -0.25) is 4.79 Å². The number of sulfone groups is 1. The predicted molar refractivity (Wildman–Crippen MR) is 76.3 cm³/mol. The van der Waals surface area contributed by atoms with Crippen molar-refractivity contribution in [2.45, 2.75) is 11.2 Å². The lowest BCUT2D eigenvalue weighted by Gasteiger charge is -2.08. The van der Waals surface area contributed by atoms with E-state index in [4.69, 9.17) is 0 Å². The number of hydrogen-bond acceptors (Lipinski definition) is 4. The van der Waals surface area contributed by atoms with Gasteiger partial charge in [0.05, 0.1) is 5.56 Å². The Morgan fingerprint density at radius 1 is 1.17 bits per heavy atom. The molecule has 10 heteroatoms. The molecule has 0 radical (unpaired) electrons. The Kier molecular flexibility index (Phi) is 4.88. The third-order valence-electron chi connectivity index (χ3n) is 2.81. The van der Waals surface area contributed by atoms with E-state index in [0.717, 1.165) is 12.1 Å². The Balaban J connectivity index is 2.11. The van der Waals surface area contributed by atoms with Crippen molar-refractivity contribution in [2.24, 2.45) is 0 Å². The molecule has 5 nitrogen and oxygen atoms in total. The van der Waals surface area contributed by atoms with Crippen LogP contribution in [0.5, 0.6) is 0 Å². The molecule has 0 aliphatic heterocycles. The minimum Gasteiger partial charge on any atom is -0.325 e. The third kappa shape index (κ3) is 4.51. The molecule has 2 aromatic rings. The number of hydrogen-bond donors (Lipinski definition) is 1. The molecule has 2 rings (SSSR count). The highest BCUT2D eigenvalue weighted by atomic mass is 32.2. The summed E-state index contributed by atoms with van der Waals surface area (Å²) < 4.78 is 74.2. The molecule has 0 atom stereocenters. The SMILES string of the molecule is O=C(CS(=O)(=O)c1ccc(C(F)(F)F)cn1)Nc1cccc(F)c1. The smallest absolute Gasteiger partial charge is 0.325 e. The van der Waals surface area contributed by atoms with E-state index in [1.54, 1.807) is 0 Å². The van der Waals surface area contributed by atoms with Crippen molar-refractivity contribution in [3.05, 3.63) is 54.0 Å². The lowest BCUT2D eigenvalue weighted by molar-refractivity contribution is -0.137. The van der Waals surface area contributed by atoms with E-state index < -0.39 is 44.1 Å². The second-order valence-corrected chi connectivity index (χ2v) is 6.64. The summed E-state index contributed by atoms with van der Waals surface area (Å²) in [4.78, 5) is 15.0. The molecule has 1 aromatic carbocycles. The molecular weight excluding hydrogens is 352 g/mol. The first-order chi connectivity index (χ1) is 11.1. The molecule has 0 saturated carbocycles. The number of alkyl halides is 3. The number of amides is 1. The highest BCUT2D eigenvalue weighted by molar-refractivity contribution is 7.92. The van der Waals surface area contributed by atoms with Gasteiger partial charge >= 0.3 is 6.18 Å². The molecule has 0 aliphatic rings. The molecule has 1 heterocycles. The van der Waals surface area contributed by atoms with Gasteiger partial charge in [0.25, 0.3) is 0 Å². The zero-order valence-corrected chi connectivity index (χ0v) is 12.7. The normalized spacial score (nSPS) is 12.0. The molecule has 1 N–H and O–H groups in total. The maximum absolute atomic E-state index is 13.0. The van der Waals surface area contributed by atoms with E-state index in [-0.39, 0.29) is 5.69 Å². The first-order valence-electron chi connectivity index (χ1n) is 6.39. The van der Waals surface area contributed by atoms with Crippen LogP contribution in [0.3, 0.4) is 0 Å². The second-order valence-electron chi connectivity index (χ2n) is 4.70. The first kappa shape index (κ1) is 17.9.